The molecule has 27 heavy (non-hydrogen) atoms. The summed E-state index contributed by atoms with van der Waals surface area (Å²) >= 11 is 0. The minimum absolute atomic E-state index is 0.0787. The zero-order valence-corrected chi connectivity index (χ0v) is 14.5. The number of hydrogen-bond donors (Lipinski definition) is 1. The maximum atomic E-state index is 12.6. The maximum absolute atomic E-state index is 12.6. The molecule has 0 bridgehead atoms. The molecule has 0 radical (unpaired) electrons. The molecule has 144 valence electrons. The van der Waals surface area contributed by atoms with E-state index in [0.29, 0.717) is 5.56 Å². The third kappa shape index (κ3) is 5.48. The quantitative estimate of drug-likeness (QED) is 0.437. The number of nitrogens with two attached hydrogens (primary N) is 1. The minimum atomic E-state index is -5.90. The molecule has 0 aliphatic heterocycles. The summed E-state index contributed by atoms with van der Waals surface area (Å²) in [6.07, 6.45) is 2.13. The van der Waals surface area contributed by atoms with Crippen LogP contribution in [0, 0.1) is 0 Å². The monoisotopic (exact) mass is 401 g/mol. The molecule has 2 N–H and O–H groups in total. The lowest BCUT2D eigenvalue weighted by molar-refractivity contribution is -0.113. The SMILES string of the molecule is NC(=O)/C=C/c1cccc(OS(=O)(=O)C(F)(F)F)c1OCc1ccccc1. The lowest BCUT2D eigenvalue weighted by Crippen LogP contribution is -2.28. The molecule has 0 heterocycles. The number of amides is 1. The normalized spacial score (nSPS) is 12.1. The number of para-hydroxylation sites is 1. The van der Waals surface area contributed by atoms with Gasteiger partial charge in [0, 0.05) is 11.6 Å². The molecule has 0 spiro atoms. The van der Waals surface area contributed by atoms with Gasteiger partial charge in [-0.3, -0.25) is 4.79 Å². The highest BCUT2D eigenvalue weighted by molar-refractivity contribution is 7.88. The van der Waals surface area contributed by atoms with Gasteiger partial charge in [0.05, 0.1) is 0 Å². The number of carbonyl (C=O) groups excluding carboxylic acids is 1. The third-order valence-electron chi connectivity index (χ3n) is 3.15. The Kier molecular flexibility index (Phi) is 6.11. The molecular weight excluding hydrogens is 387 g/mol. The van der Waals surface area contributed by atoms with Gasteiger partial charge < -0.3 is 14.7 Å². The Morgan fingerprint density at radius 3 is 2.33 bits per heavy atom. The number of primary amides is 1. The number of ether oxygens (including phenoxy) is 1. The highest BCUT2D eigenvalue weighted by Crippen LogP contribution is 2.36. The molecule has 0 aromatic heterocycles. The second-order valence-corrected chi connectivity index (χ2v) is 6.71. The van der Waals surface area contributed by atoms with Crippen LogP contribution in [-0.4, -0.2) is 19.8 Å². The van der Waals surface area contributed by atoms with Gasteiger partial charge in [0.25, 0.3) is 0 Å². The highest BCUT2D eigenvalue weighted by atomic mass is 32.2. The van der Waals surface area contributed by atoms with Gasteiger partial charge in [0.15, 0.2) is 11.5 Å². The summed E-state index contributed by atoms with van der Waals surface area (Å²) in [5.74, 6) is -1.76. The van der Waals surface area contributed by atoms with E-state index < -0.39 is 27.3 Å². The van der Waals surface area contributed by atoms with Gasteiger partial charge in [-0.15, -0.1) is 0 Å². The number of rotatable bonds is 7. The van der Waals surface area contributed by atoms with E-state index in [2.05, 4.69) is 4.18 Å². The Balaban J connectivity index is 2.42. The zero-order chi connectivity index (χ0) is 20.1. The number of halogens is 3. The Morgan fingerprint density at radius 2 is 1.74 bits per heavy atom. The Labute approximate surface area is 153 Å². The molecule has 0 unspecified atom stereocenters. The van der Waals surface area contributed by atoms with Crippen LogP contribution < -0.4 is 14.7 Å². The largest absolute Gasteiger partial charge is 0.534 e. The summed E-state index contributed by atoms with van der Waals surface area (Å²) in [6, 6.07) is 12.3. The van der Waals surface area contributed by atoms with E-state index in [-0.39, 0.29) is 17.9 Å². The van der Waals surface area contributed by atoms with E-state index in [1.54, 1.807) is 30.3 Å². The van der Waals surface area contributed by atoms with Gasteiger partial charge in [0.1, 0.15) is 6.61 Å². The molecule has 0 fully saturated rings. The van der Waals surface area contributed by atoms with Crippen LogP contribution in [0.25, 0.3) is 6.08 Å². The Hall–Kier alpha value is -3.01. The van der Waals surface area contributed by atoms with Crippen LogP contribution in [0.4, 0.5) is 13.2 Å². The number of benzene rings is 2. The molecule has 0 saturated heterocycles. The van der Waals surface area contributed by atoms with E-state index in [1.807, 2.05) is 0 Å². The molecule has 6 nitrogen and oxygen atoms in total. The summed E-state index contributed by atoms with van der Waals surface area (Å²) in [5.41, 5.74) is 0.189. The zero-order valence-electron chi connectivity index (χ0n) is 13.6. The van der Waals surface area contributed by atoms with Crippen molar-refractivity contribution in [1.82, 2.24) is 0 Å². The smallest absolute Gasteiger partial charge is 0.484 e. The maximum Gasteiger partial charge on any atom is 0.534 e. The van der Waals surface area contributed by atoms with Crippen LogP contribution in [0.1, 0.15) is 11.1 Å². The summed E-state index contributed by atoms with van der Waals surface area (Å²) in [7, 11) is -5.90. The van der Waals surface area contributed by atoms with Crippen molar-refractivity contribution in [2.24, 2.45) is 5.73 Å². The van der Waals surface area contributed by atoms with Crippen molar-refractivity contribution in [3.05, 3.63) is 65.7 Å². The summed E-state index contributed by atoms with van der Waals surface area (Å²) in [5, 5.41) is 0. The van der Waals surface area contributed by atoms with Crippen LogP contribution >= 0.6 is 0 Å². The van der Waals surface area contributed by atoms with Gasteiger partial charge in [-0.2, -0.15) is 21.6 Å². The fraction of sp³-hybridized carbons (Fsp3) is 0.118. The predicted octanol–water partition coefficient (Wildman–Crippen LogP) is 2.99. The first-order valence-electron chi connectivity index (χ1n) is 7.38. The van der Waals surface area contributed by atoms with Gasteiger partial charge >= 0.3 is 15.6 Å². The average Bonchev–Trinajstić information content (AvgIpc) is 2.58. The molecule has 0 atom stereocenters. The first-order chi connectivity index (χ1) is 12.6. The summed E-state index contributed by atoms with van der Waals surface area (Å²) < 4.78 is 70.2. The Morgan fingerprint density at radius 1 is 1.07 bits per heavy atom. The van der Waals surface area contributed by atoms with Crippen molar-refractivity contribution >= 4 is 22.1 Å². The van der Waals surface area contributed by atoms with Crippen molar-refractivity contribution in [2.45, 2.75) is 12.1 Å². The van der Waals surface area contributed by atoms with E-state index in [9.17, 15) is 26.4 Å². The van der Waals surface area contributed by atoms with Crippen LogP contribution in [0.15, 0.2) is 54.6 Å². The molecule has 0 aliphatic carbocycles. The summed E-state index contributed by atoms with van der Waals surface area (Å²) in [6.45, 7) is -0.0787. The van der Waals surface area contributed by atoms with E-state index in [4.69, 9.17) is 10.5 Å². The molecule has 2 aromatic rings. The lowest BCUT2D eigenvalue weighted by Gasteiger charge is -2.16. The average molecular weight is 401 g/mol. The van der Waals surface area contributed by atoms with Crippen LogP contribution in [-0.2, 0) is 21.5 Å². The van der Waals surface area contributed by atoms with Crippen LogP contribution in [0.2, 0.25) is 0 Å². The van der Waals surface area contributed by atoms with Crippen LogP contribution in [0.3, 0.4) is 0 Å². The van der Waals surface area contributed by atoms with E-state index >= 15 is 0 Å². The number of alkyl halides is 3. The molecule has 2 aromatic carbocycles. The lowest BCUT2D eigenvalue weighted by atomic mass is 10.1. The van der Waals surface area contributed by atoms with E-state index in [1.165, 1.54) is 18.2 Å². The molecule has 0 saturated carbocycles. The van der Waals surface area contributed by atoms with Gasteiger partial charge in [-0.1, -0.05) is 42.5 Å². The molecular formula is C17H14F3NO5S. The fourth-order valence-electron chi connectivity index (χ4n) is 1.95. The van der Waals surface area contributed by atoms with Crippen molar-refractivity contribution < 1.29 is 35.3 Å². The molecule has 1 amide bonds. The van der Waals surface area contributed by atoms with Gasteiger partial charge in [-0.05, 0) is 17.7 Å². The van der Waals surface area contributed by atoms with Gasteiger partial charge in [0.2, 0.25) is 5.91 Å². The third-order valence-corrected chi connectivity index (χ3v) is 4.11. The first kappa shape index (κ1) is 20.3. The van der Waals surface area contributed by atoms with Crippen molar-refractivity contribution in [1.29, 1.82) is 0 Å². The highest BCUT2D eigenvalue weighted by Gasteiger charge is 2.49. The van der Waals surface area contributed by atoms with Crippen molar-refractivity contribution in [2.75, 3.05) is 0 Å². The minimum Gasteiger partial charge on any atom is -0.484 e. The predicted molar refractivity (Wildman–Crippen MR) is 91.0 cm³/mol. The number of carbonyl (C=O) groups is 1. The molecule has 10 heteroatoms. The van der Waals surface area contributed by atoms with E-state index in [0.717, 1.165) is 12.1 Å². The van der Waals surface area contributed by atoms with Gasteiger partial charge in [-0.25, -0.2) is 0 Å². The molecule has 2 rings (SSSR count). The van der Waals surface area contributed by atoms with Crippen molar-refractivity contribution in [3.8, 4) is 11.5 Å². The standard InChI is InChI=1S/C17H14F3NO5S/c18-17(19,20)27(23,24)26-14-8-4-7-13(9-10-15(21)22)16(14)25-11-12-5-2-1-3-6-12/h1-10H,11H2,(H2,21,22)/b10-9+. The number of hydrogen-bond acceptors (Lipinski definition) is 5. The fourth-order valence-corrected chi connectivity index (χ4v) is 2.41. The Bertz CT molecular complexity index is 941. The summed E-state index contributed by atoms with van der Waals surface area (Å²) in [4.78, 5) is 10.9. The first-order valence-corrected chi connectivity index (χ1v) is 8.79. The van der Waals surface area contributed by atoms with Crippen LogP contribution in [0.5, 0.6) is 11.5 Å². The topological polar surface area (TPSA) is 95.7 Å². The second kappa shape index (κ2) is 8.12. The second-order valence-electron chi connectivity index (χ2n) is 5.17. The molecule has 0 aliphatic rings. The van der Waals surface area contributed by atoms with Crippen molar-refractivity contribution in [3.63, 3.8) is 0 Å².